The highest BCUT2D eigenvalue weighted by atomic mass is 35.5. The molecule has 2 amide bonds. The fourth-order valence-corrected chi connectivity index (χ4v) is 2.69. The maximum atomic E-state index is 12.4. The van der Waals surface area contributed by atoms with Crippen molar-refractivity contribution >= 4 is 39.3 Å². The summed E-state index contributed by atoms with van der Waals surface area (Å²) in [6.45, 7) is -0.466. The van der Waals surface area contributed by atoms with Crippen LogP contribution in [-0.2, 0) is 19.6 Å². The Morgan fingerprint density at radius 3 is 2.35 bits per heavy atom. The van der Waals surface area contributed by atoms with Crippen molar-refractivity contribution in [2.45, 2.75) is 4.90 Å². The van der Waals surface area contributed by atoms with Crippen molar-refractivity contribution < 1.29 is 27.5 Å². The van der Waals surface area contributed by atoms with Crippen LogP contribution in [0.2, 0.25) is 5.02 Å². The summed E-state index contributed by atoms with van der Waals surface area (Å²) in [5.74, 6) is -0.375. The standard InChI is InChI=1S/C16H15ClN2O6S/c1-24-16(21)19(12-5-7-14(8-6-12)26(18,22)23)15(20)10-25-13-4-2-3-11(17)9-13/h2-9H,10H2,1H3,(H2,18,22,23). The summed E-state index contributed by atoms with van der Waals surface area (Å²) in [7, 11) is -2.79. The largest absolute Gasteiger partial charge is 0.484 e. The number of hydrogen-bond acceptors (Lipinski definition) is 6. The summed E-state index contributed by atoms with van der Waals surface area (Å²) >= 11 is 5.83. The molecule has 2 N–H and O–H groups in total. The molecule has 0 aliphatic rings. The van der Waals surface area contributed by atoms with E-state index in [4.69, 9.17) is 21.5 Å². The lowest BCUT2D eigenvalue weighted by molar-refractivity contribution is -0.120. The predicted octanol–water partition coefficient (Wildman–Crippen LogP) is 2.17. The van der Waals surface area contributed by atoms with Crippen LogP contribution in [0.15, 0.2) is 53.4 Å². The summed E-state index contributed by atoms with van der Waals surface area (Å²) in [4.78, 5) is 24.9. The van der Waals surface area contributed by atoms with Gasteiger partial charge in [0.15, 0.2) is 6.61 Å². The molecule has 0 aliphatic carbocycles. The first-order valence-corrected chi connectivity index (χ1v) is 9.07. The molecule has 0 saturated carbocycles. The van der Waals surface area contributed by atoms with Gasteiger partial charge in [-0.25, -0.2) is 23.3 Å². The number of benzene rings is 2. The quantitative estimate of drug-likeness (QED) is 0.824. The first-order chi connectivity index (χ1) is 12.2. The van der Waals surface area contributed by atoms with Crippen LogP contribution in [0.5, 0.6) is 5.75 Å². The van der Waals surface area contributed by atoms with E-state index in [9.17, 15) is 18.0 Å². The van der Waals surface area contributed by atoms with Crippen molar-refractivity contribution in [3.63, 3.8) is 0 Å². The molecule has 0 aliphatic heterocycles. The zero-order valence-electron chi connectivity index (χ0n) is 13.6. The number of nitrogens with two attached hydrogens (primary N) is 1. The van der Waals surface area contributed by atoms with E-state index in [1.165, 1.54) is 30.3 Å². The molecule has 0 radical (unpaired) electrons. The van der Waals surface area contributed by atoms with E-state index < -0.39 is 28.6 Å². The summed E-state index contributed by atoms with van der Waals surface area (Å²) in [5.41, 5.74) is 0.101. The maximum absolute atomic E-state index is 12.4. The number of carbonyl (C=O) groups excluding carboxylic acids is 2. The zero-order valence-corrected chi connectivity index (χ0v) is 15.2. The molecule has 0 atom stereocenters. The summed E-state index contributed by atoms with van der Waals surface area (Å²) in [6.07, 6.45) is -0.951. The van der Waals surface area contributed by atoms with Crippen molar-refractivity contribution in [2.75, 3.05) is 18.6 Å². The molecule has 0 spiro atoms. The smallest absolute Gasteiger partial charge is 0.421 e. The number of sulfonamides is 1. The zero-order chi connectivity index (χ0) is 19.3. The molecular weight excluding hydrogens is 384 g/mol. The van der Waals surface area contributed by atoms with Gasteiger partial charge in [0.1, 0.15) is 5.75 Å². The lowest BCUT2D eigenvalue weighted by Gasteiger charge is -2.19. The van der Waals surface area contributed by atoms with Crippen LogP contribution in [0.1, 0.15) is 0 Å². The number of rotatable bonds is 5. The van der Waals surface area contributed by atoms with Gasteiger partial charge in [0.2, 0.25) is 10.0 Å². The highest BCUT2D eigenvalue weighted by molar-refractivity contribution is 7.89. The average Bonchev–Trinajstić information content (AvgIpc) is 2.59. The fourth-order valence-electron chi connectivity index (χ4n) is 1.99. The van der Waals surface area contributed by atoms with Gasteiger partial charge in [-0.2, -0.15) is 0 Å². The van der Waals surface area contributed by atoms with Crippen LogP contribution >= 0.6 is 11.6 Å². The molecule has 0 fully saturated rings. The third-order valence-corrected chi connectivity index (χ3v) is 4.35. The highest BCUT2D eigenvalue weighted by Crippen LogP contribution is 2.20. The average molecular weight is 399 g/mol. The van der Waals surface area contributed by atoms with Crippen LogP contribution in [-0.4, -0.2) is 34.1 Å². The molecular formula is C16H15ClN2O6S. The van der Waals surface area contributed by atoms with Gasteiger partial charge in [0.05, 0.1) is 17.7 Å². The molecule has 8 nitrogen and oxygen atoms in total. The number of methoxy groups -OCH3 is 1. The summed E-state index contributed by atoms with van der Waals surface area (Å²) < 4.78 is 32.5. The molecule has 0 bridgehead atoms. The topological polar surface area (TPSA) is 116 Å². The number of nitrogens with zero attached hydrogens (tertiary/aromatic N) is 1. The number of amides is 2. The molecule has 0 saturated heterocycles. The molecule has 26 heavy (non-hydrogen) atoms. The molecule has 2 rings (SSSR count). The van der Waals surface area contributed by atoms with Crippen molar-refractivity contribution in [3.05, 3.63) is 53.6 Å². The Bertz CT molecular complexity index is 915. The van der Waals surface area contributed by atoms with Crippen molar-refractivity contribution in [3.8, 4) is 5.75 Å². The normalized spacial score (nSPS) is 10.9. The first kappa shape index (κ1) is 19.7. The van der Waals surface area contributed by atoms with E-state index in [-0.39, 0.29) is 10.6 Å². The second-order valence-electron chi connectivity index (χ2n) is 4.98. The van der Waals surface area contributed by atoms with Crippen LogP contribution in [0.4, 0.5) is 10.5 Å². The van der Waals surface area contributed by atoms with E-state index in [2.05, 4.69) is 4.74 Å². The number of hydrogen-bond donors (Lipinski definition) is 1. The highest BCUT2D eigenvalue weighted by Gasteiger charge is 2.25. The third-order valence-electron chi connectivity index (χ3n) is 3.19. The number of imide groups is 1. The van der Waals surface area contributed by atoms with Gasteiger partial charge in [-0.1, -0.05) is 17.7 Å². The van der Waals surface area contributed by atoms with E-state index in [1.54, 1.807) is 18.2 Å². The van der Waals surface area contributed by atoms with Crippen molar-refractivity contribution in [1.82, 2.24) is 0 Å². The van der Waals surface area contributed by atoms with Crippen LogP contribution in [0, 0.1) is 0 Å². The molecule has 10 heteroatoms. The number of primary sulfonamides is 1. The van der Waals surface area contributed by atoms with Gasteiger partial charge < -0.3 is 9.47 Å². The summed E-state index contributed by atoms with van der Waals surface area (Å²) in [5, 5.41) is 5.45. The monoisotopic (exact) mass is 398 g/mol. The second kappa shape index (κ2) is 8.17. The summed E-state index contributed by atoms with van der Waals surface area (Å²) in [6, 6.07) is 11.3. The number of ether oxygens (including phenoxy) is 2. The van der Waals surface area contributed by atoms with Gasteiger partial charge >= 0.3 is 6.09 Å². The van der Waals surface area contributed by atoms with Gasteiger partial charge in [0, 0.05) is 5.02 Å². The Morgan fingerprint density at radius 1 is 1.15 bits per heavy atom. The molecule has 0 aromatic heterocycles. The lowest BCUT2D eigenvalue weighted by Crippen LogP contribution is -2.40. The molecule has 2 aromatic rings. The van der Waals surface area contributed by atoms with E-state index in [0.717, 1.165) is 12.0 Å². The van der Waals surface area contributed by atoms with Crippen LogP contribution in [0.3, 0.4) is 0 Å². The number of carbonyl (C=O) groups is 2. The van der Waals surface area contributed by atoms with Crippen LogP contribution in [0.25, 0.3) is 0 Å². The minimum Gasteiger partial charge on any atom is -0.484 e. The minimum absolute atomic E-state index is 0.101. The lowest BCUT2D eigenvalue weighted by atomic mass is 10.3. The Kier molecular flexibility index (Phi) is 6.19. The molecule has 138 valence electrons. The maximum Gasteiger partial charge on any atom is 0.421 e. The van der Waals surface area contributed by atoms with E-state index >= 15 is 0 Å². The molecule has 2 aromatic carbocycles. The first-order valence-electron chi connectivity index (χ1n) is 7.14. The van der Waals surface area contributed by atoms with Crippen molar-refractivity contribution in [1.29, 1.82) is 0 Å². The van der Waals surface area contributed by atoms with Gasteiger partial charge in [-0.05, 0) is 42.5 Å². The Labute approximate surface area is 155 Å². The Balaban J connectivity index is 2.21. The Hall–Kier alpha value is -2.62. The van der Waals surface area contributed by atoms with Crippen LogP contribution < -0.4 is 14.8 Å². The molecule has 0 heterocycles. The second-order valence-corrected chi connectivity index (χ2v) is 6.98. The van der Waals surface area contributed by atoms with Gasteiger partial charge in [-0.3, -0.25) is 4.79 Å². The van der Waals surface area contributed by atoms with Gasteiger partial charge in [0.25, 0.3) is 5.91 Å². The third kappa shape index (κ3) is 4.94. The Morgan fingerprint density at radius 2 is 1.81 bits per heavy atom. The van der Waals surface area contributed by atoms with E-state index in [1.807, 2.05) is 0 Å². The van der Waals surface area contributed by atoms with E-state index in [0.29, 0.717) is 10.8 Å². The number of halogens is 1. The SMILES string of the molecule is COC(=O)N(C(=O)COc1cccc(Cl)c1)c1ccc(S(N)(=O)=O)cc1. The number of anilines is 1. The van der Waals surface area contributed by atoms with Crippen molar-refractivity contribution in [2.24, 2.45) is 5.14 Å². The minimum atomic E-state index is -3.90. The van der Waals surface area contributed by atoms with Gasteiger partial charge in [-0.15, -0.1) is 0 Å². The fraction of sp³-hybridized carbons (Fsp3) is 0.125. The molecule has 0 unspecified atom stereocenters. The predicted molar refractivity (Wildman–Crippen MR) is 94.7 cm³/mol.